The largest absolute Gasteiger partial charge is 0.481 e. The summed E-state index contributed by atoms with van der Waals surface area (Å²) in [4.78, 5) is 33.7. The van der Waals surface area contributed by atoms with Gasteiger partial charge in [0.2, 0.25) is 5.91 Å². The maximum Gasteiger partial charge on any atom is 0.338 e. The molecule has 0 saturated heterocycles. The Labute approximate surface area is 123 Å². The second kappa shape index (κ2) is 8.04. The molecule has 2 N–H and O–H groups in total. The number of rotatable bonds is 7. The number of anilines is 1. The highest BCUT2D eigenvalue weighted by Gasteiger charge is 2.13. The van der Waals surface area contributed by atoms with E-state index in [-0.39, 0.29) is 24.7 Å². The molecule has 1 rings (SSSR count). The molecule has 0 aliphatic heterocycles. The van der Waals surface area contributed by atoms with E-state index in [1.165, 1.54) is 0 Å². The highest BCUT2D eigenvalue weighted by atomic mass is 16.5. The van der Waals surface area contributed by atoms with E-state index in [1.54, 1.807) is 38.1 Å². The Hall–Kier alpha value is -2.37. The van der Waals surface area contributed by atoms with Crippen LogP contribution in [-0.4, -0.2) is 29.6 Å². The van der Waals surface area contributed by atoms with E-state index in [9.17, 15) is 14.4 Å². The maximum atomic E-state index is 11.7. The zero-order valence-electron chi connectivity index (χ0n) is 12.1. The van der Waals surface area contributed by atoms with Crippen molar-refractivity contribution in [2.24, 2.45) is 5.92 Å². The monoisotopic (exact) mass is 293 g/mol. The minimum atomic E-state index is -0.922. The number of aliphatic carboxylic acids is 1. The quantitative estimate of drug-likeness (QED) is 0.752. The number of hydrogen-bond donors (Lipinski definition) is 2. The molecular formula is C15H19NO5. The summed E-state index contributed by atoms with van der Waals surface area (Å²) in [5.41, 5.74) is 0.963. The predicted octanol–water partition coefficient (Wildman–Crippen LogP) is 2.30. The van der Waals surface area contributed by atoms with E-state index >= 15 is 0 Å². The maximum absolute atomic E-state index is 11.7. The molecule has 114 valence electrons. The molecule has 0 spiro atoms. The van der Waals surface area contributed by atoms with Gasteiger partial charge < -0.3 is 15.2 Å². The Balaban J connectivity index is 2.53. The SMILES string of the molecule is CCOC(=O)c1ccc(NC(=O)C[C@@H](C)CC(=O)O)cc1. The molecule has 0 radical (unpaired) electrons. The summed E-state index contributed by atoms with van der Waals surface area (Å²) in [6.45, 7) is 3.74. The topological polar surface area (TPSA) is 92.7 Å². The van der Waals surface area contributed by atoms with E-state index in [0.29, 0.717) is 17.9 Å². The van der Waals surface area contributed by atoms with Crippen LogP contribution in [0.1, 0.15) is 37.0 Å². The summed E-state index contributed by atoms with van der Waals surface area (Å²) >= 11 is 0. The molecule has 0 saturated carbocycles. The van der Waals surface area contributed by atoms with Crippen molar-refractivity contribution in [2.45, 2.75) is 26.7 Å². The molecule has 0 bridgehead atoms. The first-order valence-corrected chi connectivity index (χ1v) is 6.71. The molecule has 1 aromatic carbocycles. The third-order valence-corrected chi connectivity index (χ3v) is 2.74. The van der Waals surface area contributed by atoms with Gasteiger partial charge in [0, 0.05) is 18.5 Å². The van der Waals surface area contributed by atoms with Gasteiger partial charge in [0.1, 0.15) is 0 Å². The summed E-state index contributed by atoms with van der Waals surface area (Å²) in [6, 6.07) is 6.33. The van der Waals surface area contributed by atoms with Crippen molar-refractivity contribution in [1.29, 1.82) is 0 Å². The van der Waals surface area contributed by atoms with Gasteiger partial charge in [-0.05, 0) is 37.1 Å². The van der Waals surface area contributed by atoms with Gasteiger partial charge in [0.15, 0.2) is 0 Å². The van der Waals surface area contributed by atoms with Crippen molar-refractivity contribution in [3.8, 4) is 0 Å². The van der Waals surface area contributed by atoms with Gasteiger partial charge in [0.05, 0.1) is 12.2 Å². The minimum Gasteiger partial charge on any atom is -0.481 e. The molecule has 0 heterocycles. The molecular weight excluding hydrogens is 274 g/mol. The lowest BCUT2D eigenvalue weighted by Crippen LogP contribution is -2.17. The molecule has 1 amide bonds. The van der Waals surface area contributed by atoms with Gasteiger partial charge >= 0.3 is 11.9 Å². The zero-order chi connectivity index (χ0) is 15.8. The average molecular weight is 293 g/mol. The number of ether oxygens (including phenoxy) is 1. The average Bonchev–Trinajstić information content (AvgIpc) is 2.38. The normalized spacial score (nSPS) is 11.5. The predicted molar refractivity (Wildman–Crippen MR) is 77.1 cm³/mol. The van der Waals surface area contributed by atoms with E-state index in [0.717, 1.165) is 0 Å². The van der Waals surface area contributed by atoms with E-state index < -0.39 is 11.9 Å². The summed E-state index contributed by atoms with van der Waals surface area (Å²) in [5, 5.41) is 11.3. The van der Waals surface area contributed by atoms with Crippen molar-refractivity contribution < 1.29 is 24.2 Å². The van der Waals surface area contributed by atoms with Crippen LogP contribution in [0.4, 0.5) is 5.69 Å². The van der Waals surface area contributed by atoms with Crippen LogP contribution in [0.3, 0.4) is 0 Å². The fraction of sp³-hybridized carbons (Fsp3) is 0.400. The van der Waals surface area contributed by atoms with Crippen molar-refractivity contribution in [2.75, 3.05) is 11.9 Å². The second-order valence-electron chi connectivity index (χ2n) is 4.75. The molecule has 0 fully saturated rings. The van der Waals surface area contributed by atoms with Crippen LogP contribution in [0.2, 0.25) is 0 Å². The number of esters is 1. The van der Waals surface area contributed by atoms with Crippen molar-refractivity contribution >= 4 is 23.5 Å². The summed E-state index contributed by atoms with van der Waals surface area (Å²) < 4.78 is 4.86. The number of carboxylic acid groups (broad SMARTS) is 1. The molecule has 0 unspecified atom stereocenters. The highest BCUT2D eigenvalue weighted by Crippen LogP contribution is 2.13. The summed E-state index contributed by atoms with van der Waals surface area (Å²) in [7, 11) is 0. The molecule has 1 aromatic rings. The van der Waals surface area contributed by atoms with Gasteiger partial charge in [-0.15, -0.1) is 0 Å². The smallest absolute Gasteiger partial charge is 0.338 e. The van der Waals surface area contributed by atoms with Gasteiger partial charge in [-0.3, -0.25) is 9.59 Å². The van der Waals surface area contributed by atoms with Crippen LogP contribution in [-0.2, 0) is 14.3 Å². The molecule has 0 aliphatic rings. The number of hydrogen-bond acceptors (Lipinski definition) is 4. The fourth-order valence-corrected chi connectivity index (χ4v) is 1.80. The van der Waals surface area contributed by atoms with Gasteiger partial charge in [0.25, 0.3) is 0 Å². The van der Waals surface area contributed by atoms with Crippen LogP contribution in [0, 0.1) is 5.92 Å². The standard InChI is InChI=1S/C15H19NO5/c1-3-21-15(20)11-4-6-12(7-5-11)16-13(17)8-10(2)9-14(18)19/h4-7,10H,3,8-9H2,1-2H3,(H,16,17)(H,18,19)/t10-/m1/s1. The summed E-state index contributed by atoms with van der Waals surface area (Å²) in [5.74, 6) is -1.83. The molecule has 6 heteroatoms. The molecule has 1 atom stereocenters. The lowest BCUT2D eigenvalue weighted by molar-refractivity contribution is -0.138. The van der Waals surface area contributed by atoms with Crippen LogP contribution in [0.15, 0.2) is 24.3 Å². The van der Waals surface area contributed by atoms with Gasteiger partial charge in [-0.2, -0.15) is 0 Å². The van der Waals surface area contributed by atoms with E-state index in [1.807, 2.05) is 0 Å². The number of amides is 1. The lowest BCUT2D eigenvalue weighted by Gasteiger charge is -2.09. The third-order valence-electron chi connectivity index (χ3n) is 2.74. The molecule has 21 heavy (non-hydrogen) atoms. The third kappa shape index (κ3) is 6.07. The number of carbonyl (C=O) groups excluding carboxylic acids is 2. The number of carboxylic acids is 1. The van der Waals surface area contributed by atoms with Crippen LogP contribution >= 0.6 is 0 Å². The Morgan fingerprint density at radius 3 is 2.33 bits per heavy atom. The van der Waals surface area contributed by atoms with Crippen molar-refractivity contribution in [3.05, 3.63) is 29.8 Å². The molecule has 0 aromatic heterocycles. The fourth-order valence-electron chi connectivity index (χ4n) is 1.80. The Morgan fingerprint density at radius 1 is 1.19 bits per heavy atom. The number of carbonyl (C=O) groups is 3. The zero-order valence-corrected chi connectivity index (χ0v) is 12.1. The Bertz CT molecular complexity index is 509. The van der Waals surface area contributed by atoms with E-state index in [2.05, 4.69) is 5.32 Å². The Morgan fingerprint density at radius 2 is 1.81 bits per heavy atom. The van der Waals surface area contributed by atoms with Gasteiger partial charge in [-0.1, -0.05) is 6.92 Å². The van der Waals surface area contributed by atoms with Gasteiger partial charge in [-0.25, -0.2) is 4.79 Å². The van der Waals surface area contributed by atoms with Crippen LogP contribution in [0.5, 0.6) is 0 Å². The second-order valence-corrected chi connectivity index (χ2v) is 4.75. The van der Waals surface area contributed by atoms with Crippen molar-refractivity contribution in [3.63, 3.8) is 0 Å². The number of nitrogens with one attached hydrogen (secondary N) is 1. The Kier molecular flexibility index (Phi) is 6.39. The minimum absolute atomic E-state index is 0.0464. The first-order chi connectivity index (χ1) is 9.92. The first kappa shape index (κ1) is 16.7. The first-order valence-electron chi connectivity index (χ1n) is 6.71. The van der Waals surface area contributed by atoms with E-state index in [4.69, 9.17) is 9.84 Å². The lowest BCUT2D eigenvalue weighted by atomic mass is 10.0. The summed E-state index contributed by atoms with van der Waals surface area (Å²) in [6.07, 6.45) is 0.0845. The van der Waals surface area contributed by atoms with Crippen molar-refractivity contribution in [1.82, 2.24) is 0 Å². The highest BCUT2D eigenvalue weighted by molar-refractivity contribution is 5.93. The van der Waals surface area contributed by atoms with Crippen LogP contribution < -0.4 is 5.32 Å². The molecule has 6 nitrogen and oxygen atoms in total. The molecule has 0 aliphatic carbocycles. The van der Waals surface area contributed by atoms with Crippen LogP contribution in [0.25, 0.3) is 0 Å². The number of benzene rings is 1.